The number of fused-ring (bicyclic) bond motifs is 3. The van der Waals surface area contributed by atoms with Crippen LogP contribution < -0.4 is 0 Å². The van der Waals surface area contributed by atoms with Crippen molar-refractivity contribution in [1.29, 1.82) is 0 Å². The first-order chi connectivity index (χ1) is 21.6. The molecule has 13 heteroatoms. The molecule has 45 heavy (non-hydrogen) atoms. The predicted octanol–water partition coefficient (Wildman–Crippen LogP) is 5.77. The summed E-state index contributed by atoms with van der Waals surface area (Å²) in [4.78, 5) is 18.2. The van der Waals surface area contributed by atoms with Gasteiger partial charge in [-0.05, 0) is 19.9 Å². The molecule has 0 radical (unpaired) electrons. The Kier molecular flexibility index (Phi) is 8.48. The van der Waals surface area contributed by atoms with Gasteiger partial charge in [0.25, 0.3) is 0 Å². The molecule has 3 aliphatic heterocycles. The summed E-state index contributed by atoms with van der Waals surface area (Å²) < 4.78 is 0. The van der Waals surface area contributed by atoms with Crippen molar-refractivity contribution in [2.45, 2.75) is 72.6 Å². The van der Waals surface area contributed by atoms with E-state index in [2.05, 4.69) is 73.2 Å². The molecular weight excluding hydrogens is 588 g/mol. The third-order valence-corrected chi connectivity index (χ3v) is 7.48. The molecule has 0 amide bonds. The molecular formula is C32H35ClN12. The molecule has 12 nitrogen and oxygen atoms in total. The van der Waals surface area contributed by atoms with Crippen LogP contribution in [0.1, 0.15) is 88.1 Å². The van der Waals surface area contributed by atoms with Gasteiger partial charge < -0.3 is 0 Å². The van der Waals surface area contributed by atoms with Gasteiger partial charge in [-0.3, -0.25) is 0 Å². The third kappa shape index (κ3) is 6.65. The summed E-state index contributed by atoms with van der Waals surface area (Å²) in [6.45, 7) is 12.3. The Morgan fingerprint density at radius 3 is 1.64 bits per heavy atom. The van der Waals surface area contributed by atoms with E-state index in [1.54, 1.807) is 14.4 Å². The second-order valence-electron chi connectivity index (χ2n) is 11.7. The van der Waals surface area contributed by atoms with Crippen LogP contribution in [-0.4, -0.2) is 61.8 Å². The Hall–Kier alpha value is -4.84. The third-order valence-electron chi connectivity index (χ3n) is 7.15. The van der Waals surface area contributed by atoms with E-state index in [-0.39, 0.29) is 0 Å². The lowest BCUT2D eigenvalue weighted by Crippen LogP contribution is -2.02. The molecule has 0 unspecified atom stereocenters. The smallest absolute Gasteiger partial charge is 0.183 e. The van der Waals surface area contributed by atoms with Crippen molar-refractivity contribution in [1.82, 2.24) is 44.6 Å². The van der Waals surface area contributed by atoms with E-state index in [0.717, 1.165) is 76.1 Å². The number of hydrogen-bond acceptors (Lipinski definition) is 9. The normalized spacial score (nSPS) is 14.2. The summed E-state index contributed by atoms with van der Waals surface area (Å²) in [5.74, 6) is 5.96. The molecule has 230 valence electrons. The van der Waals surface area contributed by atoms with E-state index in [4.69, 9.17) is 11.6 Å². The Morgan fingerprint density at radius 2 is 1.11 bits per heavy atom. The molecule has 0 saturated carbocycles. The van der Waals surface area contributed by atoms with Gasteiger partial charge in [0.05, 0.1) is 12.1 Å². The Labute approximate surface area is 266 Å². The average Bonchev–Trinajstić information content (AvgIpc) is 3.83. The zero-order chi connectivity index (χ0) is 31.7. The lowest BCUT2D eigenvalue weighted by Gasteiger charge is -2.01. The minimum Gasteiger partial charge on any atom is -0.214 e. The summed E-state index contributed by atoms with van der Waals surface area (Å²) >= 11 is 6.16. The first kappa shape index (κ1) is 30.2. The topological polar surface area (TPSA) is 129 Å². The van der Waals surface area contributed by atoms with Crippen LogP contribution in [0.25, 0.3) is 11.4 Å². The molecule has 6 heterocycles. The van der Waals surface area contributed by atoms with Crippen molar-refractivity contribution in [2.24, 2.45) is 15.3 Å². The van der Waals surface area contributed by atoms with Crippen LogP contribution in [0.15, 0.2) is 69.9 Å². The van der Waals surface area contributed by atoms with Crippen molar-refractivity contribution in [3.05, 3.63) is 94.3 Å². The van der Waals surface area contributed by atoms with Crippen LogP contribution in [-0.2, 0) is 19.3 Å². The van der Waals surface area contributed by atoms with Crippen LogP contribution in [0.3, 0.4) is 0 Å². The van der Waals surface area contributed by atoms with Gasteiger partial charge >= 0.3 is 0 Å². The molecule has 0 bridgehead atoms. The molecule has 0 fully saturated rings. The number of aromatic nitrogens is 9. The number of nitrogens with zero attached hydrogens (tertiary/aromatic N) is 12. The van der Waals surface area contributed by atoms with Crippen molar-refractivity contribution in [3.8, 4) is 11.4 Å². The highest BCUT2D eigenvalue weighted by molar-refractivity contribution is 6.34. The van der Waals surface area contributed by atoms with Crippen LogP contribution in [0.4, 0.5) is 0 Å². The van der Waals surface area contributed by atoms with E-state index >= 15 is 0 Å². The monoisotopic (exact) mass is 622 g/mol. The number of halogens is 1. The summed E-state index contributed by atoms with van der Waals surface area (Å²) in [6.07, 6.45) is 2.34. The van der Waals surface area contributed by atoms with E-state index in [1.165, 1.54) is 0 Å². The lowest BCUT2D eigenvalue weighted by molar-refractivity contribution is 0.694. The van der Waals surface area contributed by atoms with Gasteiger partial charge in [-0.1, -0.05) is 87.8 Å². The number of hydrogen-bond donors (Lipinski definition) is 0. The molecule has 0 N–H and O–H groups in total. The van der Waals surface area contributed by atoms with Gasteiger partial charge in [0, 0.05) is 52.3 Å². The predicted molar refractivity (Wildman–Crippen MR) is 175 cm³/mol. The highest BCUT2D eigenvalue weighted by Crippen LogP contribution is 2.23. The van der Waals surface area contributed by atoms with Gasteiger partial charge in [-0.15, -0.1) is 29.7 Å². The minimum absolute atomic E-state index is 0.321. The SMILES string of the molecule is CC(C)c1nc2n(n1)N=C(c1ccccc1Cl)C2.CC1=Nn2nc(-c3ccccc3)nc2C1.CC1=Nn2nc(C(C)C)nc2C1. The molecule has 0 spiro atoms. The Bertz CT molecular complexity index is 1920. The van der Waals surface area contributed by atoms with Crippen LogP contribution in [0, 0.1) is 0 Å². The lowest BCUT2D eigenvalue weighted by atomic mass is 10.1. The van der Waals surface area contributed by atoms with Gasteiger partial charge in [0.15, 0.2) is 34.9 Å². The number of rotatable bonds is 4. The number of benzene rings is 2. The largest absolute Gasteiger partial charge is 0.214 e. The van der Waals surface area contributed by atoms with E-state index in [0.29, 0.717) is 23.3 Å². The molecule has 3 aliphatic rings. The first-order valence-electron chi connectivity index (χ1n) is 15.0. The van der Waals surface area contributed by atoms with Crippen LogP contribution >= 0.6 is 11.6 Å². The van der Waals surface area contributed by atoms with E-state index in [1.807, 2.05) is 68.4 Å². The van der Waals surface area contributed by atoms with Gasteiger partial charge in [0.2, 0.25) is 0 Å². The van der Waals surface area contributed by atoms with Crippen molar-refractivity contribution in [2.75, 3.05) is 0 Å². The molecule has 5 aromatic rings. The highest BCUT2D eigenvalue weighted by atomic mass is 35.5. The molecule has 8 rings (SSSR count). The molecule has 0 saturated heterocycles. The fourth-order valence-electron chi connectivity index (χ4n) is 4.81. The molecule has 0 aliphatic carbocycles. The Morgan fingerprint density at radius 1 is 0.600 bits per heavy atom. The van der Waals surface area contributed by atoms with Crippen LogP contribution in [0.2, 0.25) is 5.02 Å². The Balaban J connectivity index is 0.000000122. The van der Waals surface area contributed by atoms with Crippen molar-refractivity contribution >= 4 is 28.7 Å². The zero-order valence-corrected chi connectivity index (χ0v) is 27.0. The summed E-state index contributed by atoms with van der Waals surface area (Å²) in [5.41, 5.74) is 5.06. The maximum Gasteiger partial charge on any atom is 0.183 e. The fourth-order valence-corrected chi connectivity index (χ4v) is 5.05. The quantitative estimate of drug-likeness (QED) is 0.250. The average molecular weight is 623 g/mol. The molecule has 3 aromatic heterocycles. The standard InChI is InChI=1S/C13H13ClN4.C11H10N4.C8H12N4/c1-8(2)13-15-12-7-11(16-18(12)17-13)9-5-3-4-6-10(9)14;1-8-7-10-12-11(14-15(10)13-8)9-5-3-2-4-6-9;1-5(2)8-9-7-4-6(3)10-12(7)11-8/h3-6,8H,7H2,1-2H3;2-6H,7H2,1H3;5H,4H2,1-3H3. The molecule has 2 aromatic carbocycles. The minimum atomic E-state index is 0.321. The van der Waals surface area contributed by atoms with Crippen molar-refractivity contribution in [3.63, 3.8) is 0 Å². The van der Waals surface area contributed by atoms with Crippen molar-refractivity contribution < 1.29 is 0 Å². The van der Waals surface area contributed by atoms with Gasteiger partial charge in [0.1, 0.15) is 0 Å². The van der Waals surface area contributed by atoms with E-state index < -0.39 is 0 Å². The van der Waals surface area contributed by atoms with Gasteiger partial charge in [-0.2, -0.15) is 15.3 Å². The maximum atomic E-state index is 6.16. The summed E-state index contributed by atoms with van der Waals surface area (Å²) in [5, 5.41) is 26.6. The summed E-state index contributed by atoms with van der Waals surface area (Å²) in [7, 11) is 0. The fraction of sp³-hybridized carbons (Fsp3) is 0.344. The second-order valence-corrected chi connectivity index (χ2v) is 12.1. The molecule has 0 atom stereocenters. The maximum absolute atomic E-state index is 6.16. The highest BCUT2D eigenvalue weighted by Gasteiger charge is 2.23. The van der Waals surface area contributed by atoms with E-state index in [9.17, 15) is 0 Å². The summed E-state index contributed by atoms with van der Waals surface area (Å²) in [6, 6.07) is 17.7. The van der Waals surface area contributed by atoms with Crippen LogP contribution in [0.5, 0.6) is 0 Å². The second kappa shape index (κ2) is 12.6. The van der Waals surface area contributed by atoms with Gasteiger partial charge in [-0.25, -0.2) is 15.0 Å². The zero-order valence-electron chi connectivity index (χ0n) is 26.2. The first-order valence-corrected chi connectivity index (χ1v) is 15.4.